The van der Waals surface area contributed by atoms with Crippen molar-refractivity contribution in [1.82, 2.24) is 5.06 Å². The minimum Gasteiger partial charge on any atom is -0.494 e. The molecule has 0 aliphatic carbocycles. The maximum atomic E-state index is 12.4. The monoisotopic (exact) mass is 590 g/mol. The van der Waals surface area contributed by atoms with Crippen molar-refractivity contribution in [2.45, 2.75) is 52.0 Å². The van der Waals surface area contributed by atoms with Gasteiger partial charge in [0.05, 0.1) is 35.9 Å². The van der Waals surface area contributed by atoms with Gasteiger partial charge >= 0.3 is 5.97 Å². The Morgan fingerprint density at radius 2 is 1.84 bits per heavy atom. The number of allylic oxidation sites excluding steroid dienone is 1. The van der Waals surface area contributed by atoms with E-state index in [2.05, 4.69) is 21.2 Å². The minimum atomic E-state index is -0.681. The van der Waals surface area contributed by atoms with Gasteiger partial charge in [-0.3, -0.25) is 19.7 Å². The van der Waals surface area contributed by atoms with Crippen LogP contribution in [-0.4, -0.2) is 54.1 Å². The van der Waals surface area contributed by atoms with Crippen molar-refractivity contribution >= 4 is 46.1 Å². The molecular formula is C29H30N6O8. The zero-order valence-electron chi connectivity index (χ0n) is 24.4. The molecule has 2 heterocycles. The molecule has 0 saturated carbocycles. The second-order valence-corrected chi connectivity index (χ2v) is 10.4. The van der Waals surface area contributed by atoms with E-state index in [4.69, 9.17) is 14.3 Å². The standard InChI is InChI=1S/C29H30N6O8/c1-17-15-29(2,3)33(12-6-7-25(38)43-34-23(36)10-11-24(34)37)21-14-22(41-4)27(28(42-5)26(17)21)32-31-20-9-8-19(35(39)40)13-18(20)16-30/h8-9,13-15H,6-7,10-12H2,1-5H3/b32-31+. The lowest BCUT2D eigenvalue weighted by Gasteiger charge is -2.44. The molecule has 14 heteroatoms. The minimum absolute atomic E-state index is 0.0187. The summed E-state index contributed by atoms with van der Waals surface area (Å²) in [6.45, 7) is 6.37. The number of nitro groups is 1. The molecule has 2 amide bonds. The number of carbonyl (C=O) groups is 3. The smallest absolute Gasteiger partial charge is 0.333 e. The molecule has 1 fully saturated rings. The van der Waals surface area contributed by atoms with Gasteiger partial charge in [-0.1, -0.05) is 6.08 Å². The van der Waals surface area contributed by atoms with E-state index in [1.807, 2.05) is 26.8 Å². The van der Waals surface area contributed by atoms with Crippen molar-refractivity contribution < 1.29 is 33.6 Å². The van der Waals surface area contributed by atoms with Gasteiger partial charge in [0.25, 0.3) is 17.5 Å². The predicted octanol–water partition coefficient (Wildman–Crippen LogP) is 5.29. The number of hydroxylamine groups is 2. The number of amides is 2. The quantitative estimate of drug-likeness (QED) is 0.153. The van der Waals surface area contributed by atoms with Gasteiger partial charge in [0.15, 0.2) is 17.2 Å². The highest BCUT2D eigenvalue weighted by Crippen LogP contribution is 2.52. The first kappa shape index (κ1) is 30.6. The maximum absolute atomic E-state index is 12.4. The van der Waals surface area contributed by atoms with Crippen LogP contribution in [0.4, 0.5) is 22.7 Å². The fourth-order valence-corrected chi connectivity index (χ4v) is 5.16. The molecule has 14 nitrogen and oxygen atoms in total. The maximum Gasteiger partial charge on any atom is 0.333 e. The summed E-state index contributed by atoms with van der Waals surface area (Å²) in [4.78, 5) is 53.5. The first-order valence-electron chi connectivity index (χ1n) is 13.3. The summed E-state index contributed by atoms with van der Waals surface area (Å²) in [5.41, 5.74) is 2.01. The lowest BCUT2D eigenvalue weighted by atomic mass is 9.87. The van der Waals surface area contributed by atoms with E-state index in [1.165, 1.54) is 26.4 Å². The van der Waals surface area contributed by atoms with Crippen LogP contribution < -0.4 is 14.4 Å². The summed E-state index contributed by atoms with van der Waals surface area (Å²) in [5, 5.41) is 29.7. The third kappa shape index (κ3) is 6.15. The summed E-state index contributed by atoms with van der Waals surface area (Å²) >= 11 is 0. The lowest BCUT2D eigenvalue weighted by molar-refractivity contribution is -0.384. The number of ether oxygens (including phenoxy) is 2. The van der Waals surface area contributed by atoms with E-state index in [0.29, 0.717) is 29.5 Å². The van der Waals surface area contributed by atoms with E-state index in [1.54, 1.807) is 6.07 Å². The fourth-order valence-electron chi connectivity index (χ4n) is 5.16. The SMILES string of the molecule is COc1cc2c(c(OC)c1/N=N/c1ccc([N+](=O)[O-])cc1C#N)C(C)=CC(C)(C)N2CCCC(=O)ON1C(=O)CCC1=O. The number of non-ortho nitro benzene ring substituents is 1. The number of hydrogen-bond donors (Lipinski definition) is 0. The number of carbonyl (C=O) groups excluding carboxylic acids is 3. The zero-order chi connectivity index (χ0) is 31.5. The number of fused-ring (bicyclic) bond motifs is 1. The van der Waals surface area contributed by atoms with E-state index in [-0.39, 0.29) is 41.9 Å². The lowest BCUT2D eigenvalue weighted by Crippen LogP contribution is -2.46. The van der Waals surface area contributed by atoms with Crippen molar-refractivity contribution in [2.24, 2.45) is 10.2 Å². The molecule has 2 aliphatic rings. The van der Waals surface area contributed by atoms with Gasteiger partial charge in [-0.2, -0.15) is 5.26 Å². The van der Waals surface area contributed by atoms with Crippen LogP contribution in [0.1, 0.15) is 57.6 Å². The van der Waals surface area contributed by atoms with Crippen molar-refractivity contribution in [3.8, 4) is 17.6 Å². The Labute approximate surface area is 247 Å². The molecule has 0 bridgehead atoms. The normalized spacial score (nSPS) is 15.7. The van der Waals surface area contributed by atoms with Crippen LogP contribution in [-0.2, 0) is 19.2 Å². The molecule has 1 saturated heterocycles. The Hall–Kier alpha value is -5.32. The first-order valence-corrected chi connectivity index (χ1v) is 13.3. The van der Waals surface area contributed by atoms with Gasteiger partial charge in [-0.15, -0.1) is 15.3 Å². The number of imide groups is 1. The van der Waals surface area contributed by atoms with Gasteiger partial charge in [-0.05, 0) is 38.8 Å². The van der Waals surface area contributed by atoms with Gasteiger partial charge in [-0.25, -0.2) is 4.79 Å². The van der Waals surface area contributed by atoms with Gasteiger partial charge < -0.3 is 19.2 Å². The molecule has 0 unspecified atom stereocenters. The number of nitro benzene ring substituents is 1. The topological polar surface area (TPSA) is 177 Å². The molecule has 0 N–H and O–H groups in total. The van der Waals surface area contributed by atoms with Crippen LogP contribution in [0.3, 0.4) is 0 Å². The number of benzene rings is 2. The van der Waals surface area contributed by atoms with E-state index in [9.17, 15) is 29.8 Å². The van der Waals surface area contributed by atoms with Crippen LogP contribution in [0.2, 0.25) is 0 Å². The molecule has 43 heavy (non-hydrogen) atoms. The molecule has 4 rings (SSSR count). The Balaban J connectivity index is 1.65. The average molecular weight is 591 g/mol. The van der Waals surface area contributed by atoms with E-state index < -0.39 is 28.2 Å². The number of methoxy groups -OCH3 is 2. The fraction of sp³-hybridized carbons (Fsp3) is 0.379. The average Bonchev–Trinajstić information content (AvgIpc) is 3.28. The third-order valence-electron chi connectivity index (χ3n) is 7.10. The highest BCUT2D eigenvalue weighted by molar-refractivity contribution is 6.01. The summed E-state index contributed by atoms with van der Waals surface area (Å²) in [5.74, 6) is -1.07. The van der Waals surface area contributed by atoms with Crippen LogP contribution in [0.25, 0.3) is 5.57 Å². The predicted molar refractivity (Wildman–Crippen MR) is 153 cm³/mol. The Kier molecular flexibility index (Phi) is 8.74. The van der Waals surface area contributed by atoms with Crippen molar-refractivity contribution in [3.05, 3.63) is 51.6 Å². The molecule has 2 aromatic carbocycles. The molecular weight excluding hydrogens is 560 g/mol. The number of anilines is 1. The highest BCUT2D eigenvalue weighted by atomic mass is 16.7. The second-order valence-electron chi connectivity index (χ2n) is 10.4. The molecule has 224 valence electrons. The zero-order valence-corrected chi connectivity index (χ0v) is 24.4. The second kappa shape index (κ2) is 12.3. The number of azo groups is 1. The Morgan fingerprint density at radius 3 is 2.44 bits per heavy atom. The molecule has 0 radical (unpaired) electrons. The summed E-state index contributed by atoms with van der Waals surface area (Å²) < 4.78 is 11.5. The van der Waals surface area contributed by atoms with Crippen molar-refractivity contribution in [1.29, 1.82) is 5.26 Å². The van der Waals surface area contributed by atoms with Crippen molar-refractivity contribution in [3.63, 3.8) is 0 Å². The number of hydrogen-bond acceptors (Lipinski definition) is 12. The number of nitrogens with zero attached hydrogens (tertiary/aromatic N) is 6. The highest BCUT2D eigenvalue weighted by Gasteiger charge is 2.36. The van der Waals surface area contributed by atoms with Crippen LogP contribution in [0.5, 0.6) is 11.5 Å². The van der Waals surface area contributed by atoms with Gasteiger partial charge in [0, 0.05) is 49.6 Å². The number of rotatable bonds is 10. The molecule has 0 atom stereocenters. The Morgan fingerprint density at radius 1 is 1.14 bits per heavy atom. The first-order chi connectivity index (χ1) is 20.4. The Bertz CT molecular complexity index is 1590. The van der Waals surface area contributed by atoms with Crippen molar-refractivity contribution in [2.75, 3.05) is 25.7 Å². The van der Waals surface area contributed by atoms with E-state index in [0.717, 1.165) is 22.9 Å². The third-order valence-corrected chi connectivity index (χ3v) is 7.10. The molecule has 0 aromatic heterocycles. The van der Waals surface area contributed by atoms with E-state index >= 15 is 0 Å². The molecule has 2 aliphatic heterocycles. The van der Waals surface area contributed by atoms with Gasteiger partial charge in [0.1, 0.15) is 11.8 Å². The van der Waals surface area contributed by atoms with Crippen LogP contribution >= 0.6 is 0 Å². The summed E-state index contributed by atoms with van der Waals surface area (Å²) in [6.07, 6.45) is 2.42. The summed E-state index contributed by atoms with van der Waals surface area (Å²) in [7, 11) is 2.94. The largest absolute Gasteiger partial charge is 0.494 e. The molecule has 0 spiro atoms. The van der Waals surface area contributed by atoms with Crippen LogP contribution in [0.15, 0.2) is 40.6 Å². The van der Waals surface area contributed by atoms with Crippen LogP contribution in [0, 0.1) is 21.4 Å². The number of nitriles is 1. The van der Waals surface area contributed by atoms with Gasteiger partial charge in [0.2, 0.25) is 0 Å². The molecule has 2 aromatic rings. The summed E-state index contributed by atoms with van der Waals surface area (Å²) in [6, 6.07) is 7.39.